The van der Waals surface area contributed by atoms with Crippen LogP contribution in [0.15, 0.2) is 43.2 Å². The van der Waals surface area contributed by atoms with Crippen molar-refractivity contribution < 1.29 is 0 Å². The number of aromatic nitrogens is 2. The van der Waals surface area contributed by atoms with Gasteiger partial charge in [0, 0.05) is 23.5 Å². The summed E-state index contributed by atoms with van der Waals surface area (Å²) in [5, 5.41) is 0. The molecule has 0 bridgehead atoms. The number of fused-ring (bicyclic) bond motifs is 2. The van der Waals surface area contributed by atoms with E-state index in [1.54, 1.807) is 12.4 Å². The first-order valence-corrected chi connectivity index (χ1v) is 5.14. The second kappa shape index (κ2) is 3.42. The van der Waals surface area contributed by atoms with Crippen molar-refractivity contribution in [3.63, 3.8) is 0 Å². The molecule has 0 aliphatic heterocycles. The normalized spacial score (nSPS) is 12.9. The topological polar surface area (TPSA) is 25.8 Å². The van der Waals surface area contributed by atoms with E-state index >= 15 is 0 Å². The van der Waals surface area contributed by atoms with Gasteiger partial charge in [-0.25, -0.2) is 0 Å². The number of rotatable bonds is 0. The molecule has 76 valence electrons. The second-order valence-corrected chi connectivity index (χ2v) is 3.68. The third kappa shape index (κ3) is 1.27. The SMILES string of the molecule is C=C1c2cccnc2C=Cc2ncccc21. The lowest BCUT2D eigenvalue weighted by atomic mass is 9.99. The van der Waals surface area contributed by atoms with E-state index in [1.807, 2.05) is 36.4 Å². The molecule has 2 nitrogen and oxygen atoms in total. The van der Waals surface area contributed by atoms with Crippen LogP contribution in [0.3, 0.4) is 0 Å². The maximum Gasteiger partial charge on any atom is 0.0708 e. The van der Waals surface area contributed by atoms with Gasteiger partial charge in [0.15, 0.2) is 0 Å². The molecule has 2 aromatic rings. The van der Waals surface area contributed by atoms with Gasteiger partial charge < -0.3 is 0 Å². The van der Waals surface area contributed by atoms with Crippen LogP contribution in [0.2, 0.25) is 0 Å². The Balaban J connectivity index is 2.30. The summed E-state index contributed by atoms with van der Waals surface area (Å²) in [6.45, 7) is 4.14. The number of hydrogen-bond donors (Lipinski definition) is 0. The molecule has 0 aromatic carbocycles. The van der Waals surface area contributed by atoms with Crippen LogP contribution >= 0.6 is 0 Å². The number of nitrogens with zero attached hydrogens (tertiary/aromatic N) is 2. The van der Waals surface area contributed by atoms with E-state index in [0.717, 1.165) is 28.1 Å². The zero-order valence-electron chi connectivity index (χ0n) is 8.72. The van der Waals surface area contributed by atoms with E-state index in [-0.39, 0.29) is 0 Å². The van der Waals surface area contributed by atoms with Gasteiger partial charge in [-0.05, 0) is 29.9 Å². The van der Waals surface area contributed by atoms with Crippen molar-refractivity contribution >= 4 is 17.7 Å². The minimum atomic E-state index is 0.950. The summed E-state index contributed by atoms with van der Waals surface area (Å²) in [6, 6.07) is 7.94. The van der Waals surface area contributed by atoms with E-state index in [2.05, 4.69) is 16.5 Å². The zero-order valence-corrected chi connectivity index (χ0v) is 8.72. The highest BCUT2D eigenvalue weighted by molar-refractivity contribution is 5.90. The van der Waals surface area contributed by atoms with Crippen molar-refractivity contribution in [2.24, 2.45) is 0 Å². The molecule has 2 aromatic heterocycles. The van der Waals surface area contributed by atoms with Gasteiger partial charge in [0.05, 0.1) is 11.4 Å². The Morgan fingerprint density at radius 2 is 1.31 bits per heavy atom. The minimum absolute atomic E-state index is 0.950. The first kappa shape index (κ1) is 9.04. The number of pyridine rings is 2. The van der Waals surface area contributed by atoms with Gasteiger partial charge in [0.25, 0.3) is 0 Å². The lowest BCUT2D eigenvalue weighted by molar-refractivity contribution is 1.27. The quantitative estimate of drug-likeness (QED) is 0.565. The van der Waals surface area contributed by atoms with Gasteiger partial charge in [0.1, 0.15) is 0 Å². The minimum Gasteiger partial charge on any atom is -0.256 e. The molecule has 2 heterocycles. The fraction of sp³-hybridized carbons (Fsp3) is 0. The third-order valence-corrected chi connectivity index (χ3v) is 2.73. The lowest BCUT2D eigenvalue weighted by Crippen LogP contribution is -1.92. The first-order chi connectivity index (χ1) is 7.86. The standard InChI is InChI=1S/C14H10N2/c1-10-11-4-2-8-15-13(11)6-7-14-12(10)5-3-9-16-14/h2-9H,1H2. The van der Waals surface area contributed by atoms with E-state index in [9.17, 15) is 0 Å². The monoisotopic (exact) mass is 206 g/mol. The summed E-state index contributed by atoms with van der Waals surface area (Å²) >= 11 is 0. The van der Waals surface area contributed by atoms with Crippen molar-refractivity contribution in [1.29, 1.82) is 0 Å². The molecular weight excluding hydrogens is 196 g/mol. The molecule has 3 rings (SSSR count). The van der Waals surface area contributed by atoms with Crippen molar-refractivity contribution in [3.8, 4) is 0 Å². The summed E-state index contributed by atoms with van der Waals surface area (Å²) in [7, 11) is 0. The Bertz CT molecular complexity index is 546. The highest BCUT2D eigenvalue weighted by atomic mass is 14.7. The fourth-order valence-electron chi connectivity index (χ4n) is 1.91. The van der Waals surface area contributed by atoms with Crippen molar-refractivity contribution in [2.75, 3.05) is 0 Å². The predicted octanol–water partition coefficient (Wildman–Crippen LogP) is 3.02. The molecule has 0 unspecified atom stereocenters. The van der Waals surface area contributed by atoms with Crippen molar-refractivity contribution in [1.82, 2.24) is 9.97 Å². The van der Waals surface area contributed by atoms with Crippen LogP contribution in [0, 0.1) is 0 Å². The van der Waals surface area contributed by atoms with Gasteiger partial charge in [0.2, 0.25) is 0 Å². The molecule has 0 N–H and O–H groups in total. The van der Waals surface area contributed by atoms with E-state index < -0.39 is 0 Å². The van der Waals surface area contributed by atoms with Gasteiger partial charge in [-0.2, -0.15) is 0 Å². The maximum absolute atomic E-state index is 4.34. The summed E-state index contributed by atoms with van der Waals surface area (Å²) < 4.78 is 0. The molecule has 0 saturated carbocycles. The number of hydrogen-bond acceptors (Lipinski definition) is 2. The second-order valence-electron chi connectivity index (χ2n) is 3.68. The summed E-state index contributed by atoms with van der Waals surface area (Å²) in [5.74, 6) is 0. The van der Waals surface area contributed by atoms with Crippen LogP contribution in [0.4, 0.5) is 0 Å². The van der Waals surface area contributed by atoms with E-state index in [1.165, 1.54) is 0 Å². The Kier molecular flexibility index (Phi) is 1.93. The summed E-state index contributed by atoms with van der Waals surface area (Å²) in [6.07, 6.45) is 7.55. The van der Waals surface area contributed by atoms with Gasteiger partial charge in [-0.15, -0.1) is 0 Å². The first-order valence-electron chi connectivity index (χ1n) is 5.14. The van der Waals surface area contributed by atoms with Crippen molar-refractivity contribution in [3.05, 3.63) is 65.8 Å². The summed E-state index contributed by atoms with van der Waals surface area (Å²) in [4.78, 5) is 8.67. The highest BCUT2D eigenvalue weighted by Gasteiger charge is 2.13. The molecule has 1 aliphatic carbocycles. The Morgan fingerprint density at radius 3 is 1.81 bits per heavy atom. The van der Waals surface area contributed by atoms with Gasteiger partial charge in [-0.3, -0.25) is 9.97 Å². The van der Waals surface area contributed by atoms with Crippen molar-refractivity contribution in [2.45, 2.75) is 0 Å². The molecule has 2 heteroatoms. The van der Waals surface area contributed by atoms with E-state index in [4.69, 9.17) is 0 Å². The van der Waals surface area contributed by atoms with Crippen LogP contribution in [0.25, 0.3) is 17.7 Å². The molecule has 0 saturated heterocycles. The molecule has 0 spiro atoms. The summed E-state index contributed by atoms with van der Waals surface area (Å²) in [5.41, 5.74) is 5.03. The van der Waals surface area contributed by atoms with Crippen LogP contribution < -0.4 is 0 Å². The Hall–Kier alpha value is -2.22. The van der Waals surface area contributed by atoms with Gasteiger partial charge >= 0.3 is 0 Å². The highest BCUT2D eigenvalue weighted by Crippen LogP contribution is 2.29. The lowest BCUT2D eigenvalue weighted by Gasteiger charge is -2.07. The molecule has 0 atom stereocenters. The third-order valence-electron chi connectivity index (χ3n) is 2.73. The Labute approximate surface area is 94.0 Å². The molecule has 1 aliphatic rings. The van der Waals surface area contributed by atoms with Gasteiger partial charge in [-0.1, -0.05) is 18.7 Å². The van der Waals surface area contributed by atoms with E-state index in [0.29, 0.717) is 0 Å². The fourth-order valence-corrected chi connectivity index (χ4v) is 1.91. The average molecular weight is 206 g/mol. The molecule has 0 fully saturated rings. The molecule has 0 amide bonds. The maximum atomic E-state index is 4.34. The molecular formula is C14H10N2. The average Bonchev–Trinajstić information content (AvgIpc) is 2.49. The van der Waals surface area contributed by atoms with Crippen LogP contribution in [-0.2, 0) is 0 Å². The smallest absolute Gasteiger partial charge is 0.0708 e. The zero-order chi connectivity index (χ0) is 11.0. The molecule has 0 radical (unpaired) electrons. The van der Waals surface area contributed by atoms with Crippen LogP contribution in [0.5, 0.6) is 0 Å². The largest absolute Gasteiger partial charge is 0.256 e. The predicted molar refractivity (Wildman–Crippen MR) is 65.5 cm³/mol. The molecule has 16 heavy (non-hydrogen) atoms. The van der Waals surface area contributed by atoms with Crippen LogP contribution in [-0.4, -0.2) is 9.97 Å². The van der Waals surface area contributed by atoms with Crippen LogP contribution in [0.1, 0.15) is 22.5 Å². The Morgan fingerprint density at radius 1 is 0.812 bits per heavy atom.